The van der Waals surface area contributed by atoms with Crippen LogP contribution >= 0.6 is 11.8 Å². The highest BCUT2D eigenvalue weighted by atomic mass is 32.2. The fraction of sp³-hybridized carbons (Fsp3) is 0.250. The van der Waals surface area contributed by atoms with Gasteiger partial charge in [0.25, 0.3) is 5.91 Å². The van der Waals surface area contributed by atoms with Gasteiger partial charge in [0.1, 0.15) is 12.0 Å². The lowest BCUT2D eigenvalue weighted by Crippen LogP contribution is -2.36. The number of nitrogens with one attached hydrogen (secondary N) is 1. The Morgan fingerprint density at radius 3 is 2.67 bits per heavy atom. The number of aliphatic imine (C=N–C) groups is 1. The summed E-state index contributed by atoms with van der Waals surface area (Å²) in [7, 11) is 0. The first kappa shape index (κ1) is 19.0. The van der Waals surface area contributed by atoms with E-state index in [-0.39, 0.29) is 11.9 Å². The standard InChI is InChI=1S/C24H22N4OS/c29-24(27-18-9-5-2-6-10-18)17-11-12-20-19(13-17)28-22(16-7-3-1-4-8-16)23-21(30-20)14-25-15-26-23/h1,3-4,7-8,11-15,18H,2,5-6,9-10H2,(H,27,29). The van der Waals surface area contributed by atoms with Crippen LogP contribution in [0.3, 0.4) is 0 Å². The van der Waals surface area contributed by atoms with Crippen molar-refractivity contribution in [3.05, 3.63) is 77.9 Å². The van der Waals surface area contributed by atoms with Gasteiger partial charge < -0.3 is 5.32 Å². The van der Waals surface area contributed by atoms with Crippen molar-refractivity contribution < 1.29 is 4.79 Å². The minimum Gasteiger partial charge on any atom is -0.349 e. The van der Waals surface area contributed by atoms with Gasteiger partial charge in [-0.05, 0) is 31.0 Å². The van der Waals surface area contributed by atoms with Gasteiger partial charge in [0.15, 0.2) is 0 Å². The number of aromatic nitrogens is 2. The van der Waals surface area contributed by atoms with Crippen molar-refractivity contribution in [3.63, 3.8) is 0 Å². The first-order valence-corrected chi connectivity index (χ1v) is 11.2. The third-order valence-electron chi connectivity index (χ3n) is 5.56. The van der Waals surface area contributed by atoms with E-state index >= 15 is 0 Å². The molecule has 1 saturated carbocycles. The number of fused-ring (bicyclic) bond motifs is 2. The minimum absolute atomic E-state index is 0.0206. The van der Waals surface area contributed by atoms with E-state index in [9.17, 15) is 4.79 Å². The van der Waals surface area contributed by atoms with Gasteiger partial charge in [-0.25, -0.2) is 15.0 Å². The largest absolute Gasteiger partial charge is 0.349 e. The smallest absolute Gasteiger partial charge is 0.251 e. The molecule has 5 rings (SSSR count). The van der Waals surface area contributed by atoms with E-state index in [1.54, 1.807) is 18.1 Å². The molecule has 5 nitrogen and oxygen atoms in total. The van der Waals surface area contributed by atoms with Gasteiger partial charge in [-0.2, -0.15) is 0 Å². The molecule has 0 unspecified atom stereocenters. The van der Waals surface area contributed by atoms with Crippen LogP contribution in [0.1, 0.15) is 53.7 Å². The average molecular weight is 415 g/mol. The number of hydrogen-bond acceptors (Lipinski definition) is 5. The maximum absolute atomic E-state index is 12.9. The summed E-state index contributed by atoms with van der Waals surface area (Å²) in [6.07, 6.45) is 9.16. The molecular formula is C24H22N4OS. The topological polar surface area (TPSA) is 67.2 Å². The Balaban J connectivity index is 1.53. The highest BCUT2D eigenvalue weighted by Gasteiger charge is 2.22. The van der Waals surface area contributed by atoms with E-state index in [4.69, 9.17) is 4.99 Å². The van der Waals surface area contributed by atoms with E-state index in [0.29, 0.717) is 5.56 Å². The van der Waals surface area contributed by atoms with Crippen LogP contribution in [0, 0.1) is 0 Å². The number of carbonyl (C=O) groups is 1. The number of amides is 1. The van der Waals surface area contributed by atoms with Crippen LogP contribution in [0.4, 0.5) is 5.69 Å². The van der Waals surface area contributed by atoms with Gasteiger partial charge in [-0.3, -0.25) is 4.79 Å². The van der Waals surface area contributed by atoms with Gasteiger partial charge in [0, 0.05) is 28.3 Å². The summed E-state index contributed by atoms with van der Waals surface area (Å²) in [6.45, 7) is 0. The molecule has 1 aromatic heterocycles. The van der Waals surface area contributed by atoms with Crippen LogP contribution < -0.4 is 5.32 Å². The molecule has 150 valence electrons. The molecule has 1 fully saturated rings. The van der Waals surface area contributed by atoms with Crippen molar-refractivity contribution in [1.29, 1.82) is 0 Å². The molecule has 2 aliphatic rings. The van der Waals surface area contributed by atoms with Gasteiger partial charge in [0.2, 0.25) is 0 Å². The fourth-order valence-electron chi connectivity index (χ4n) is 4.01. The van der Waals surface area contributed by atoms with E-state index in [1.165, 1.54) is 19.3 Å². The third kappa shape index (κ3) is 3.87. The highest BCUT2D eigenvalue weighted by Crippen LogP contribution is 2.40. The molecule has 0 bridgehead atoms. The van der Waals surface area contributed by atoms with E-state index in [1.807, 2.05) is 54.7 Å². The maximum Gasteiger partial charge on any atom is 0.251 e. The quantitative estimate of drug-likeness (QED) is 0.502. The van der Waals surface area contributed by atoms with E-state index in [2.05, 4.69) is 15.3 Å². The monoisotopic (exact) mass is 414 g/mol. The molecule has 1 amide bonds. The number of nitrogens with zero attached hydrogens (tertiary/aromatic N) is 3. The van der Waals surface area contributed by atoms with Crippen LogP contribution in [-0.2, 0) is 0 Å². The Kier molecular flexibility index (Phi) is 5.32. The molecule has 1 N–H and O–H groups in total. The Labute approximate surface area is 180 Å². The Morgan fingerprint density at radius 2 is 1.83 bits per heavy atom. The van der Waals surface area contributed by atoms with Gasteiger partial charge in [-0.15, -0.1) is 0 Å². The molecule has 3 aromatic rings. The van der Waals surface area contributed by atoms with Crippen molar-refractivity contribution >= 4 is 29.1 Å². The molecule has 0 radical (unpaired) electrons. The van der Waals surface area contributed by atoms with Crippen LogP contribution in [0.25, 0.3) is 0 Å². The summed E-state index contributed by atoms with van der Waals surface area (Å²) >= 11 is 1.59. The molecule has 0 atom stereocenters. The summed E-state index contributed by atoms with van der Waals surface area (Å²) in [5.41, 5.74) is 4.03. The number of hydrogen-bond donors (Lipinski definition) is 1. The van der Waals surface area contributed by atoms with Crippen molar-refractivity contribution in [1.82, 2.24) is 15.3 Å². The lowest BCUT2D eigenvalue weighted by atomic mass is 9.95. The normalized spacial score (nSPS) is 16.1. The van der Waals surface area contributed by atoms with Gasteiger partial charge in [0.05, 0.1) is 16.3 Å². The zero-order valence-corrected chi connectivity index (χ0v) is 17.4. The third-order valence-corrected chi connectivity index (χ3v) is 6.65. The second-order valence-electron chi connectivity index (χ2n) is 7.65. The Hall–Kier alpha value is -2.99. The van der Waals surface area contributed by atoms with E-state index < -0.39 is 0 Å². The summed E-state index contributed by atoms with van der Waals surface area (Å²) in [5.74, 6) is -0.0206. The SMILES string of the molecule is O=C(NC1CCCCC1)c1ccc2c(c1)N=C(c1ccccc1)c1ncncc1S2. The average Bonchev–Trinajstić information content (AvgIpc) is 2.96. The predicted octanol–water partition coefficient (Wildman–Crippen LogP) is 5.17. The molecule has 1 aliphatic heterocycles. The number of rotatable bonds is 3. The molecular weight excluding hydrogens is 392 g/mol. The zero-order chi connectivity index (χ0) is 20.3. The molecule has 0 spiro atoms. The van der Waals surface area contributed by atoms with Gasteiger partial charge in [-0.1, -0.05) is 61.4 Å². The van der Waals surface area contributed by atoms with Crippen LogP contribution in [0.5, 0.6) is 0 Å². The van der Waals surface area contributed by atoms with Gasteiger partial charge >= 0.3 is 0 Å². The first-order chi connectivity index (χ1) is 14.8. The Morgan fingerprint density at radius 1 is 1.00 bits per heavy atom. The second-order valence-corrected chi connectivity index (χ2v) is 8.74. The van der Waals surface area contributed by atoms with Crippen molar-refractivity contribution in [2.24, 2.45) is 4.99 Å². The molecule has 0 saturated heterocycles. The minimum atomic E-state index is -0.0206. The lowest BCUT2D eigenvalue weighted by Gasteiger charge is -2.22. The molecule has 6 heteroatoms. The van der Waals surface area contributed by atoms with Crippen LogP contribution in [0.15, 0.2) is 75.8 Å². The maximum atomic E-state index is 12.9. The molecule has 1 aliphatic carbocycles. The highest BCUT2D eigenvalue weighted by molar-refractivity contribution is 7.99. The summed E-state index contributed by atoms with van der Waals surface area (Å²) < 4.78 is 0. The van der Waals surface area contributed by atoms with Crippen molar-refractivity contribution in [3.8, 4) is 0 Å². The first-order valence-electron chi connectivity index (χ1n) is 10.4. The molecule has 2 heterocycles. The lowest BCUT2D eigenvalue weighted by molar-refractivity contribution is 0.0927. The molecule has 2 aromatic carbocycles. The number of benzene rings is 2. The fourth-order valence-corrected chi connectivity index (χ4v) is 4.95. The summed E-state index contributed by atoms with van der Waals surface area (Å²) in [5, 5.41) is 3.20. The number of carbonyl (C=O) groups excluding carboxylic acids is 1. The molecule has 30 heavy (non-hydrogen) atoms. The predicted molar refractivity (Wildman–Crippen MR) is 119 cm³/mol. The summed E-state index contributed by atoms with van der Waals surface area (Å²) in [4.78, 5) is 28.5. The van der Waals surface area contributed by atoms with E-state index in [0.717, 1.165) is 45.3 Å². The van der Waals surface area contributed by atoms with Crippen LogP contribution in [0.2, 0.25) is 0 Å². The second kappa shape index (κ2) is 8.40. The summed E-state index contributed by atoms with van der Waals surface area (Å²) in [6, 6.07) is 16.1. The van der Waals surface area contributed by atoms with Crippen molar-refractivity contribution in [2.75, 3.05) is 0 Å². The van der Waals surface area contributed by atoms with Crippen LogP contribution in [-0.4, -0.2) is 27.6 Å². The Bertz CT molecular complexity index is 1110. The zero-order valence-electron chi connectivity index (χ0n) is 16.5. The van der Waals surface area contributed by atoms with Crippen molar-refractivity contribution in [2.45, 2.75) is 47.9 Å².